The zero-order valence-electron chi connectivity index (χ0n) is 10.0. The summed E-state index contributed by atoms with van der Waals surface area (Å²) in [5.41, 5.74) is 0. The minimum atomic E-state index is 0.320. The maximum Gasteiger partial charge on any atom is 0.133 e. The van der Waals surface area contributed by atoms with Crippen LogP contribution in [-0.2, 0) is 0 Å². The lowest BCUT2D eigenvalue weighted by atomic mass is 10.2. The highest BCUT2D eigenvalue weighted by Gasteiger charge is 2.09. The summed E-state index contributed by atoms with van der Waals surface area (Å²) in [5.74, 6) is 1.18. The van der Waals surface area contributed by atoms with E-state index in [1.807, 2.05) is 24.3 Å². The number of rotatable bonds is 3. The van der Waals surface area contributed by atoms with E-state index >= 15 is 0 Å². The second kappa shape index (κ2) is 6.17. The fourth-order valence-corrected chi connectivity index (χ4v) is 3.29. The Morgan fingerprint density at radius 2 is 1.83 bits per heavy atom. The molecule has 0 aliphatic rings. The minimum absolute atomic E-state index is 0.320. The first kappa shape index (κ1) is 14.0. The molecule has 0 atom stereocenters. The van der Waals surface area contributed by atoms with Gasteiger partial charge in [-0.05, 0) is 44.0 Å². The highest BCUT2D eigenvalue weighted by molar-refractivity contribution is 9.10. The van der Waals surface area contributed by atoms with Crippen LogP contribution >= 0.6 is 43.6 Å². The van der Waals surface area contributed by atoms with Crippen LogP contribution in [-0.4, -0.2) is 9.97 Å². The molecule has 0 saturated heterocycles. The van der Waals surface area contributed by atoms with Gasteiger partial charge in [-0.25, -0.2) is 9.97 Å². The molecule has 0 N–H and O–H groups in total. The maximum atomic E-state index is 4.57. The van der Waals surface area contributed by atoms with Crippen LogP contribution in [0.5, 0.6) is 0 Å². The van der Waals surface area contributed by atoms with Crippen LogP contribution in [0.4, 0.5) is 0 Å². The lowest BCUT2D eigenvalue weighted by Crippen LogP contribution is -1.98. The van der Waals surface area contributed by atoms with Crippen molar-refractivity contribution in [3.8, 4) is 0 Å². The monoisotopic (exact) mass is 386 g/mol. The molecular weight excluding hydrogens is 376 g/mol. The summed E-state index contributed by atoms with van der Waals surface area (Å²) in [5, 5.41) is 0.951. The summed E-state index contributed by atoms with van der Waals surface area (Å²) in [7, 11) is 0. The molecule has 0 fully saturated rings. The molecule has 1 heterocycles. The largest absolute Gasteiger partial charge is 0.226 e. The molecule has 2 nitrogen and oxygen atoms in total. The highest BCUT2D eigenvalue weighted by Crippen LogP contribution is 2.33. The van der Waals surface area contributed by atoms with Crippen LogP contribution in [0, 0.1) is 0 Å². The van der Waals surface area contributed by atoms with Gasteiger partial charge < -0.3 is 0 Å². The molecule has 18 heavy (non-hydrogen) atoms. The molecule has 2 rings (SSSR count). The molecule has 0 unspecified atom stereocenters. The van der Waals surface area contributed by atoms with E-state index in [0.29, 0.717) is 5.92 Å². The molecule has 0 aliphatic carbocycles. The fraction of sp³-hybridized carbons (Fsp3) is 0.231. The topological polar surface area (TPSA) is 25.8 Å². The summed E-state index contributed by atoms with van der Waals surface area (Å²) >= 11 is 8.61. The molecule has 0 spiro atoms. The van der Waals surface area contributed by atoms with Gasteiger partial charge in [-0.2, -0.15) is 0 Å². The molecule has 0 bridgehead atoms. The van der Waals surface area contributed by atoms with Crippen molar-refractivity contribution < 1.29 is 0 Å². The maximum absolute atomic E-state index is 4.57. The van der Waals surface area contributed by atoms with Crippen LogP contribution in [0.3, 0.4) is 0 Å². The van der Waals surface area contributed by atoms with Gasteiger partial charge in [-0.1, -0.05) is 37.7 Å². The number of halogens is 2. The summed E-state index contributed by atoms with van der Waals surface area (Å²) in [6.45, 7) is 4.18. The van der Waals surface area contributed by atoms with Gasteiger partial charge in [0, 0.05) is 21.4 Å². The SMILES string of the molecule is CC(C)c1nc(Br)cc(Sc2ccccc2Br)n1. The second-order valence-electron chi connectivity index (χ2n) is 4.07. The van der Waals surface area contributed by atoms with Gasteiger partial charge in [-0.15, -0.1) is 0 Å². The molecule has 2 aromatic rings. The normalized spacial score (nSPS) is 10.9. The van der Waals surface area contributed by atoms with Crippen LogP contribution in [0.25, 0.3) is 0 Å². The van der Waals surface area contributed by atoms with E-state index in [0.717, 1.165) is 24.8 Å². The van der Waals surface area contributed by atoms with Gasteiger partial charge in [-0.3, -0.25) is 0 Å². The Bertz CT molecular complexity index is 558. The summed E-state index contributed by atoms with van der Waals surface area (Å²) < 4.78 is 1.91. The van der Waals surface area contributed by atoms with Crippen LogP contribution < -0.4 is 0 Å². The van der Waals surface area contributed by atoms with Gasteiger partial charge in [0.15, 0.2) is 0 Å². The number of nitrogens with zero attached hydrogens (tertiary/aromatic N) is 2. The minimum Gasteiger partial charge on any atom is -0.226 e. The Kier molecular flexibility index (Phi) is 4.81. The zero-order valence-corrected chi connectivity index (χ0v) is 14.0. The van der Waals surface area contributed by atoms with Crippen molar-refractivity contribution in [1.82, 2.24) is 9.97 Å². The predicted molar refractivity (Wildman–Crippen MR) is 82.1 cm³/mol. The molecular formula is C13H12Br2N2S. The van der Waals surface area contributed by atoms with Crippen molar-refractivity contribution in [3.05, 3.63) is 45.2 Å². The fourth-order valence-electron chi connectivity index (χ4n) is 1.36. The standard InChI is InChI=1S/C13H12Br2N2S/c1-8(2)13-16-11(15)7-12(17-13)18-10-6-4-3-5-9(10)14/h3-8H,1-2H3. The van der Waals surface area contributed by atoms with Gasteiger partial charge >= 0.3 is 0 Å². The van der Waals surface area contributed by atoms with E-state index in [4.69, 9.17) is 0 Å². The summed E-state index contributed by atoms with van der Waals surface area (Å²) in [6, 6.07) is 10.1. The quantitative estimate of drug-likeness (QED) is 0.670. The Labute approximate surface area is 128 Å². The third kappa shape index (κ3) is 3.56. The van der Waals surface area contributed by atoms with Gasteiger partial charge in [0.2, 0.25) is 0 Å². The summed E-state index contributed by atoms with van der Waals surface area (Å²) in [4.78, 5) is 10.1. The molecule has 0 radical (unpaired) electrons. The van der Waals surface area contributed by atoms with Crippen LogP contribution in [0.2, 0.25) is 0 Å². The summed E-state index contributed by atoms with van der Waals surface area (Å²) in [6.07, 6.45) is 0. The first-order chi connectivity index (χ1) is 8.56. The molecule has 0 saturated carbocycles. The number of hydrogen-bond donors (Lipinski definition) is 0. The Hall–Kier alpha value is -0.390. The van der Waals surface area contributed by atoms with Gasteiger partial charge in [0.25, 0.3) is 0 Å². The van der Waals surface area contributed by atoms with Crippen molar-refractivity contribution >= 4 is 43.6 Å². The zero-order chi connectivity index (χ0) is 13.1. The third-order valence-corrected chi connectivity index (χ3v) is 4.61. The first-order valence-corrected chi connectivity index (χ1v) is 7.93. The molecule has 94 valence electrons. The smallest absolute Gasteiger partial charge is 0.133 e. The molecule has 0 amide bonds. The van der Waals surface area contributed by atoms with E-state index < -0.39 is 0 Å². The van der Waals surface area contributed by atoms with Gasteiger partial charge in [0.1, 0.15) is 15.5 Å². The van der Waals surface area contributed by atoms with Crippen LogP contribution in [0.15, 0.2) is 49.3 Å². The van der Waals surface area contributed by atoms with Crippen molar-refractivity contribution in [2.45, 2.75) is 29.7 Å². The molecule has 1 aromatic carbocycles. The number of aromatic nitrogens is 2. The average molecular weight is 388 g/mol. The van der Waals surface area contributed by atoms with E-state index in [1.165, 1.54) is 0 Å². The van der Waals surface area contributed by atoms with Crippen molar-refractivity contribution in [1.29, 1.82) is 0 Å². The van der Waals surface area contributed by atoms with Crippen LogP contribution in [0.1, 0.15) is 25.6 Å². The lowest BCUT2D eigenvalue weighted by molar-refractivity contribution is 0.748. The van der Waals surface area contributed by atoms with Crippen molar-refractivity contribution in [2.24, 2.45) is 0 Å². The highest BCUT2D eigenvalue weighted by atomic mass is 79.9. The number of hydrogen-bond acceptors (Lipinski definition) is 3. The van der Waals surface area contributed by atoms with Crippen molar-refractivity contribution in [2.75, 3.05) is 0 Å². The predicted octanol–water partition coefficient (Wildman–Crippen LogP) is 5.28. The van der Waals surface area contributed by atoms with Crippen molar-refractivity contribution in [3.63, 3.8) is 0 Å². The first-order valence-electron chi connectivity index (χ1n) is 5.53. The van der Waals surface area contributed by atoms with E-state index in [2.05, 4.69) is 61.7 Å². The Morgan fingerprint density at radius 1 is 1.11 bits per heavy atom. The van der Waals surface area contributed by atoms with E-state index in [1.54, 1.807) is 11.8 Å². The Balaban J connectivity index is 2.32. The molecule has 1 aromatic heterocycles. The van der Waals surface area contributed by atoms with Gasteiger partial charge in [0.05, 0.1) is 0 Å². The Morgan fingerprint density at radius 3 is 2.50 bits per heavy atom. The van der Waals surface area contributed by atoms with E-state index in [9.17, 15) is 0 Å². The average Bonchev–Trinajstić information content (AvgIpc) is 2.31. The van der Waals surface area contributed by atoms with E-state index in [-0.39, 0.29) is 0 Å². The molecule has 0 aliphatic heterocycles. The second-order valence-corrected chi connectivity index (χ2v) is 6.80. The molecule has 5 heteroatoms. The number of benzene rings is 1. The lowest BCUT2D eigenvalue weighted by Gasteiger charge is -2.08. The third-order valence-electron chi connectivity index (χ3n) is 2.26.